The molecule has 12 unspecified atom stereocenters. The van der Waals surface area contributed by atoms with Gasteiger partial charge in [0.2, 0.25) is 6.29 Å². The maximum atomic E-state index is 13.2. The van der Waals surface area contributed by atoms with Crippen molar-refractivity contribution in [2.75, 3.05) is 6.61 Å². The van der Waals surface area contributed by atoms with E-state index < -0.39 is 40.4 Å². The van der Waals surface area contributed by atoms with E-state index in [4.69, 9.17) is 18.9 Å². The molecule has 9 nitrogen and oxygen atoms in total. The highest BCUT2D eigenvalue weighted by Gasteiger charge is 2.73. The fourth-order valence-corrected chi connectivity index (χ4v) is 10.4. The van der Waals surface area contributed by atoms with Gasteiger partial charge in [0.15, 0.2) is 5.78 Å². The van der Waals surface area contributed by atoms with Crippen molar-refractivity contribution in [3.8, 4) is 0 Å². The molecule has 0 aromatic carbocycles. The fraction of sp³-hybridized carbons (Fsp3) is 0.833. The molecule has 0 aromatic heterocycles. The van der Waals surface area contributed by atoms with Gasteiger partial charge in [0.05, 0.1) is 23.9 Å². The molecule has 2 saturated heterocycles. The van der Waals surface area contributed by atoms with Crippen molar-refractivity contribution in [1.29, 1.82) is 0 Å². The summed E-state index contributed by atoms with van der Waals surface area (Å²) in [6.45, 7) is 6.39. The molecule has 0 bridgehead atoms. The standard InChI is InChI=1S/C30H40O9/c1-16-10-23(32)30(35)25(37-16)38-21-11-17-4-5-20-19(28(17,15-31)13-22(21)39-30)6-7-27(3)26(2,8-9-29(20,27)34)18-12-24(33)36-14-18/h12,15-17,19-22,25,34-35H,4-11,13-14H2,1-3H3. The van der Waals surface area contributed by atoms with Gasteiger partial charge in [-0.15, -0.1) is 0 Å². The Kier molecular flexibility index (Phi) is 5.53. The van der Waals surface area contributed by atoms with Crippen molar-refractivity contribution in [3.05, 3.63) is 11.6 Å². The molecule has 0 amide bonds. The molecule has 0 spiro atoms. The molecule has 4 saturated carbocycles. The predicted octanol–water partition coefficient (Wildman–Crippen LogP) is 2.60. The Labute approximate surface area is 228 Å². The summed E-state index contributed by atoms with van der Waals surface area (Å²) < 4.78 is 23.4. The minimum absolute atomic E-state index is 0.0390. The number of carbonyl (C=O) groups excluding carboxylic acids is 3. The van der Waals surface area contributed by atoms with Crippen LogP contribution in [0.15, 0.2) is 11.6 Å². The number of carbonyl (C=O) groups is 3. The van der Waals surface area contributed by atoms with Crippen LogP contribution in [0.4, 0.5) is 0 Å². The number of hydrogen-bond acceptors (Lipinski definition) is 9. The lowest BCUT2D eigenvalue weighted by Crippen LogP contribution is -2.70. The van der Waals surface area contributed by atoms with Crippen LogP contribution < -0.4 is 0 Å². The molecule has 9 heteroatoms. The van der Waals surface area contributed by atoms with Crippen molar-refractivity contribution in [2.24, 2.45) is 34.0 Å². The Morgan fingerprint density at radius 2 is 1.79 bits per heavy atom. The molecule has 39 heavy (non-hydrogen) atoms. The first-order valence-electron chi connectivity index (χ1n) is 14.7. The SMILES string of the molecule is CC1CC(=O)C2(O)OC3CC4(C=O)C(CCC5C4CCC4(C)C(C)(C6=CC(=O)OC6)CCC54O)CC3OC2O1. The number of fused-ring (bicyclic) bond motifs is 7. The molecular formula is C30H40O9. The van der Waals surface area contributed by atoms with E-state index in [0.717, 1.165) is 44.0 Å². The van der Waals surface area contributed by atoms with Gasteiger partial charge in [0.1, 0.15) is 12.9 Å². The molecule has 0 radical (unpaired) electrons. The summed E-state index contributed by atoms with van der Waals surface area (Å²) in [4.78, 5) is 37.9. The highest BCUT2D eigenvalue weighted by Crippen LogP contribution is 2.73. The van der Waals surface area contributed by atoms with Gasteiger partial charge >= 0.3 is 5.97 Å². The van der Waals surface area contributed by atoms with Gasteiger partial charge in [-0.05, 0) is 81.6 Å². The Balaban J connectivity index is 1.20. The summed E-state index contributed by atoms with van der Waals surface area (Å²) >= 11 is 0. The number of Topliss-reactive ketones (excluding diaryl/α,β-unsaturated/α-hetero) is 1. The van der Waals surface area contributed by atoms with Gasteiger partial charge in [0.25, 0.3) is 5.79 Å². The molecule has 0 aromatic rings. The lowest BCUT2D eigenvalue weighted by atomic mass is 9.41. The minimum Gasteiger partial charge on any atom is -0.458 e. The van der Waals surface area contributed by atoms with Crippen LogP contribution in [0.1, 0.15) is 78.6 Å². The number of cyclic esters (lactones) is 1. The molecule has 7 aliphatic rings. The fourth-order valence-electron chi connectivity index (χ4n) is 10.4. The van der Waals surface area contributed by atoms with Crippen LogP contribution in [-0.2, 0) is 33.3 Å². The van der Waals surface area contributed by atoms with Crippen molar-refractivity contribution < 1.29 is 43.5 Å². The van der Waals surface area contributed by atoms with E-state index in [1.807, 2.05) is 0 Å². The lowest BCUT2D eigenvalue weighted by molar-refractivity contribution is -0.413. The number of hydrogen-bond donors (Lipinski definition) is 2. The first-order chi connectivity index (χ1) is 18.4. The first kappa shape index (κ1) is 26.3. The number of aldehydes is 1. The van der Waals surface area contributed by atoms with Crippen LogP contribution in [0, 0.1) is 34.0 Å². The van der Waals surface area contributed by atoms with Crippen LogP contribution in [0.5, 0.6) is 0 Å². The normalized spacial score (nSPS) is 56.3. The van der Waals surface area contributed by atoms with Gasteiger partial charge in [-0.25, -0.2) is 4.79 Å². The third-order valence-electron chi connectivity index (χ3n) is 12.8. The molecule has 4 aliphatic carbocycles. The average molecular weight is 545 g/mol. The van der Waals surface area contributed by atoms with E-state index in [-0.39, 0.29) is 54.4 Å². The molecule has 214 valence electrons. The Bertz CT molecular complexity index is 1150. The van der Waals surface area contributed by atoms with E-state index in [9.17, 15) is 24.6 Å². The van der Waals surface area contributed by atoms with E-state index in [0.29, 0.717) is 19.3 Å². The molecule has 12 atom stereocenters. The number of ketones is 1. The highest BCUT2D eigenvalue weighted by molar-refractivity contribution is 5.87. The number of esters is 1. The highest BCUT2D eigenvalue weighted by atomic mass is 16.8. The third kappa shape index (κ3) is 3.17. The van der Waals surface area contributed by atoms with Gasteiger partial charge in [-0.2, -0.15) is 0 Å². The molecule has 6 fully saturated rings. The maximum absolute atomic E-state index is 13.2. The Hall–Kier alpha value is -1.65. The zero-order chi connectivity index (χ0) is 27.6. The molecule has 3 aliphatic heterocycles. The zero-order valence-corrected chi connectivity index (χ0v) is 23.0. The van der Waals surface area contributed by atoms with E-state index >= 15 is 0 Å². The second kappa shape index (κ2) is 8.22. The second-order valence-electron chi connectivity index (χ2n) is 14.0. The van der Waals surface area contributed by atoms with Crippen LogP contribution in [0.25, 0.3) is 0 Å². The van der Waals surface area contributed by atoms with Gasteiger partial charge in [-0.3, -0.25) is 4.79 Å². The van der Waals surface area contributed by atoms with Crippen molar-refractivity contribution in [2.45, 2.75) is 115 Å². The summed E-state index contributed by atoms with van der Waals surface area (Å²) in [5.74, 6) is -2.98. The Morgan fingerprint density at radius 3 is 2.51 bits per heavy atom. The summed E-state index contributed by atoms with van der Waals surface area (Å²) in [5, 5.41) is 23.8. The Morgan fingerprint density at radius 1 is 1.00 bits per heavy atom. The predicted molar refractivity (Wildman–Crippen MR) is 135 cm³/mol. The topological polar surface area (TPSA) is 129 Å². The largest absolute Gasteiger partial charge is 0.458 e. The second-order valence-corrected chi connectivity index (χ2v) is 14.0. The number of ether oxygens (including phenoxy) is 4. The maximum Gasteiger partial charge on any atom is 0.331 e. The van der Waals surface area contributed by atoms with E-state index in [2.05, 4.69) is 13.8 Å². The van der Waals surface area contributed by atoms with Gasteiger partial charge in [-0.1, -0.05) is 13.8 Å². The van der Waals surface area contributed by atoms with E-state index in [1.54, 1.807) is 13.0 Å². The first-order valence-corrected chi connectivity index (χ1v) is 14.7. The third-order valence-corrected chi connectivity index (χ3v) is 12.8. The zero-order valence-electron chi connectivity index (χ0n) is 23.0. The minimum atomic E-state index is -2.16. The van der Waals surface area contributed by atoms with Crippen molar-refractivity contribution >= 4 is 18.0 Å². The quantitative estimate of drug-likeness (QED) is 0.306. The summed E-state index contributed by atoms with van der Waals surface area (Å²) in [5.41, 5.74) is -1.56. The lowest BCUT2D eigenvalue weighted by Gasteiger charge is -2.65. The van der Waals surface area contributed by atoms with Gasteiger partial charge < -0.3 is 34.0 Å². The average Bonchev–Trinajstić information content (AvgIpc) is 3.42. The van der Waals surface area contributed by atoms with Crippen molar-refractivity contribution in [1.82, 2.24) is 0 Å². The van der Waals surface area contributed by atoms with Crippen LogP contribution in [-0.4, -0.2) is 70.8 Å². The van der Waals surface area contributed by atoms with Crippen LogP contribution in [0.3, 0.4) is 0 Å². The van der Waals surface area contributed by atoms with Gasteiger partial charge in [0, 0.05) is 28.7 Å². The summed E-state index contributed by atoms with van der Waals surface area (Å²) in [7, 11) is 0. The smallest absolute Gasteiger partial charge is 0.331 e. The number of aliphatic hydroxyl groups is 2. The van der Waals surface area contributed by atoms with Crippen molar-refractivity contribution in [3.63, 3.8) is 0 Å². The molecule has 2 N–H and O–H groups in total. The monoisotopic (exact) mass is 544 g/mol. The van der Waals surface area contributed by atoms with E-state index in [1.165, 1.54) is 0 Å². The number of rotatable bonds is 2. The summed E-state index contributed by atoms with van der Waals surface area (Å²) in [6, 6.07) is 0. The van der Waals surface area contributed by atoms with Crippen LogP contribution >= 0.6 is 0 Å². The molecule has 7 rings (SSSR count). The van der Waals surface area contributed by atoms with Crippen LogP contribution in [0.2, 0.25) is 0 Å². The summed E-state index contributed by atoms with van der Waals surface area (Å²) in [6.07, 6.45) is 5.67. The molecule has 3 heterocycles. The molecular weight excluding hydrogens is 504 g/mol.